The molecule has 7 nitrogen and oxygen atoms in total. The van der Waals surface area contributed by atoms with Crippen LogP contribution in [-0.2, 0) is 12.0 Å². The molecule has 3 aromatic rings. The first-order chi connectivity index (χ1) is 15.4. The van der Waals surface area contributed by atoms with Crippen LogP contribution in [0.4, 0.5) is 0 Å². The van der Waals surface area contributed by atoms with Crippen LogP contribution >= 0.6 is 0 Å². The van der Waals surface area contributed by atoms with E-state index in [0.29, 0.717) is 24.9 Å². The quantitative estimate of drug-likeness (QED) is 0.382. The lowest BCUT2D eigenvalue weighted by Crippen LogP contribution is -2.42. The minimum absolute atomic E-state index is 0.0673. The van der Waals surface area contributed by atoms with Gasteiger partial charge in [0.15, 0.2) is 5.96 Å². The van der Waals surface area contributed by atoms with Crippen molar-refractivity contribution in [3.05, 3.63) is 77.1 Å². The molecule has 0 saturated carbocycles. The maximum Gasteiger partial charge on any atom is 0.191 e. The van der Waals surface area contributed by atoms with E-state index in [1.54, 1.807) is 13.2 Å². The molecule has 4 rings (SSSR count). The Kier molecular flexibility index (Phi) is 6.55. The van der Waals surface area contributed by atoms with Gasteiger partial charge in [-0.3, -0.25) is 0 Å². The zero-order valence-corrected chi connectivity index (χ0v) is 18.9. The van der Waals surface area contributed by atoms with Gasteiger partial charge in [0.2, 0.25) is 0 Å². The van der Waals surface area contributed by atoms with Crippen molar-refractivity contribution in [1.29, 1.82) is 0 Å². The molecular weight excluding hydrogens is 406 g/mol. The fourth-order valence-electron chi connectivity index (χ4n) is 4.05. The number of aliphatic hydroxyl groups is 1. The first-order valence-electron chi connectivity index (χ1n) is 11.0. The van der Waals surface area contributed by atoms with Gasteiger partial charge in [0.25, 0.3) is 0 Å². The number of nitrogens with zero attached hydrogens (tertiary/aromatic N) is 1. The van der Waals surface area contributed by atoms with E-state index in [0.717, 1.165) is 41.2 Å². The largest absolute Gasteiger partial charge is 0.493 e. The topological polar surface area (TPSA) is 92.2 Å². The number of ether oxygens (including phenoxy) is 1. The molecule has 3 heterocycles. The summed E-state index contributed by atoms with van der Waals surface area (Å²) < 4.78 is 16.8. The minimum atomic E-state index is -1.15. The van der Waals surface area contributed by atoms with Crippen LogP contribution in [0.25, 0.3) is 0 Å². The summed E-state index contributed by atoms with van der Waals surface area (Å²) in [4.78, 5) is 4.74. The molecule has 0 spiro atoms. The van der Waals surface area contributed by atoms with Crippen LogP contribution in [0.3, 0.4) is 0 Å². The Morgan fingerprint density at radius 3 is 2.81 bits per heavy atom. The van der Waals surface area contributed by atoms with E-state index < -0.39 is 5.60 Å². The molecule has 0 fully saturated rings. The second kappa shape index (κ2) is 9.53. The first kappa shape index (κ1) is 22.0. The summed E-state index contributed by atoms with van der Waals surface area (Å²) in [5, 5.41) is 18.0. The summed E-state index contributed by atoms with van der Waals surface area (Å²) in [5.74, 6) is 3.92. The van der Waals surface area contributed by atoms with Gasteiger partial charge in [-0.05, 0) is 45.0 Å². The van der Waals surface area contributed by atoms with Gasteiger partial charge >= 0.3 is 0 Å². The molecular formula is C25H31N3O4. The van der Waals surface area contributed by atoms with Crippen molar-refractivity contribution in [2.75, 3.05) is 19.7 Å². The van der Waals surface area contributed by atoms with Crippen molar-refractivity contribution in [3.63, 3.8) is 0 Å². The molecule has 32 heavy (non-hydrogen) atoms. The number of aliphatic imine (C=N–C) groups is 1. The number of benzene rings is 1. The number of para-hydroxylation sites is 1. The lowest BCUT2D eigenvalue weighted by molar-refractivity contribution is 0.0656. The highest BCUT2D eigenvalue weighted by molar-refractivity contribution is 5.80. The normalized spacial score (nSPS) is 17.9. The van der Waals surface area contributed by atoms with Crippen LogP contribution in [0.5, 0.6) is 5.75 Å². The molecule has 2 unspecified atom stereocenters. The van der Waals surface area contributed by atoms with Crippen molar-refractivity contribution >= 4 is 5.96 Å². The number of rotatable bonds is 7. The summed E-state index contributed by atoms with van der Waals surface area (Å²) in [6, 6.07) is 13.8. The van der Waals surface area contributed by atoms with E-state index in [4.69, 9.17) is 18.6 Å². The molecule has 0 radical (unpaired) electrons. The Balaban J connectivity index is 1.51. The van der Waals surface area contributed by atoms with Crippen molar-refractivity contribution < 1.29 is 18.7 Å². The number of fused-ring (bicyclic) bond motifs is 1. The van der Waals surface area contributed by atoms with Crippen LogP contribution in [0, 0.1) is 13.8 Å². The smallest absolute Gasteiger partial charge is 0.191 e. The van der Waals surface area contributed by atoms with Gasteiger partial charge in [0.1, 0.15) is 28.6 Å². The fraction of sp³-hybridized carbons (Fsp3) is 0.400. The highest BCUT2D eigenvalue weighted by Gasteiger charge is 2.28. The van der Waals surface area contributed by atoms with Crippen molar-refractivity contribution in [2.24, 2.45) is 4.99 Å². The summed E-state index contributed by atoms with van der Waals surface area (Å²) in [7, 11) is 0. The van der Waals surface area contributed by atoms with E-state index in [9.17, 15) is 5.11 Å². The van der Waals surface area contributed by atoms with Gasteiger partial charge in [-0.2, -0.15) is 0 Å². The molecule has 0 amide bonds. The van der Waals surface area contributed by atoms with E-state index in [-0.39, 0.29) is 12.6 Å². The van der Waals surface area contributed by atoms with E-state index in [2.05, 4.69) is 16.7 Å². The van der Waals surface area contributed by atoms with E-state index in [1.807, 2.05) is 50.2 Å². The third-order valence-electron chi connectivity index (χ3n) is 5.68. The molecule has 170 valence electrons. The molecule has 1 aromatic carbocycles. The molecule has 7 heteroatoms. The number of hydrogen-bond acceptors (Lipinski definition) is 5. The molecule has 0 saturated heterocycles. The first-order valence-corrected chi connectivity index (χ1v) is 11.0. The van der Waals surface area contributed by atoms with Crippen LogP contribution in [0.2, 0.25) is 0 Å². The monoisotopic (exact) mass is 437 g/mol. The van der Waals surface area contributed by atoms with Crippen LogP contribution in [0.1, 0.15) is 47.8 Å². The Labute approximate surface area is 188 Å². The Morgan fingerprint density at radius 2 is 2.06 bits per heavy atom. The summed E-state index contributed by atoms with van der Waals surface area (Å²) in [5.41, 5.74) is 0.711. The maximum atomic E-state index is 11.1. The fourth-order valence-corrected chi connectivity index (χ4v) is 4.05. The highest BCUT2D eigenvalue weighted by atomic mass is 16.5. The van der Waals surface area contributed by atoms with Crippen LogP contribution in [0.15, 0.2) is 62.6 Å². The predicted octanol–water partition coefficient (Wildman–Crippen LogP) is 4.00. The van der Waals surface area contributed by atoms with Crippen molar-refractivity contribution in [1.82, 2.24) is 10.6 Å². The van der Waals surface area contributed by atoms with Crippen molar-refractivity contribution in [3.8, 4) is 5.75 Å². The molecule has 0 bridgehead atoms. The van der Waals surface area contributed by atoms with E-state index >= 15 is 0 Å². The average molecular weight is 438 g/mol. The van der Waals surface area contributed by atoms with Gasteiger partial charge in [0.05, 0.1) is 25.5 Å². The molecule has 0 aliphatic carbocycles. The number of aryl methyl sites for hydroxylation is 2. The van der Waals surface area contributed by atoms with Gasteiger partial charge in [-0.25, -0.2) is 4.99 Å². The minimum Gasteiger partial charge on any atom is -0.493 e. The zero-order valence-electron chi connectivity index (χ0n) is 18.9. The molecule has 3 N–H and O–H groups in total. The maximum absolute atomic E-state index is 11.1. The second-order valence-corrected chi connectivity index (χ2v) is 8.39. The summed E-state index contributed by atoms with van der Waals surface area (Å²) in [6.07, 6.45) is 3.23. The lowest BCUT2D eigenvalue weighted by atomic mass is 9.96. The third kappa shape index (κ3) is 5.16. The molecule has 2 atom stereocenters. The average Bonchev–Trinajstić information content (AvgIpc) is 3.41. The summed E-state index contributed by atoms with van der Waals surface area (Å²) in [6.45, 7) is 6.98. The molecule has 1 aliphatic rings. The number of guanidine groups is 1. The Bertz CT molecular complexity index is 1050. The summed E-state index contributed by atoms with van der Waals surface area (Å²) >= 11 is 0. The lowest BCUT2D eigenvalue weighted by Gasteiger charge is -2.28. The Hall–Kier alpha value is -3.19. The standard InChI is InChI=1S/C25H31N3O4/c1-17-15-21(18(2)32-17)25(3,29)16-27-24(26-12-10-19-7-6-13-30-19)28-22-11-14-31-23-9-5-4-8-20(22)23/h4-9,13,15,22,29H,10-12,14,16H2,1-3H3,(H2,26,27,28). The molecule has 2 aromatic heterocycles. The SMILES string of the molecule is Cc1cc(C(C)(O)CN=C(NCCc2ccco2)NC2CCOc3ccccc32)c(C)o1. The predicted molar refractivity (Wildman–Crippen MR) is 123 cm³/mol. The van der Waals surface area contributed by atoms with Gasteiger partial charge in [-0.15, -0.1) is 0 Å². The molecule has 1 aliphatic heterocycles. The van der Waals surface area contributed by atoms with Crippen molar-refractivity contribution in [2.45, 2.75) is 45.3 Å². The number of hydrogen-bond donors (Lipinski definition) is 3. The van der Waals surface area contributed by atoms with E-state index in [1.165, 1.54) is 0 Å². The van der Waals surface area contributed by atoms with Crippen LogP contribution < -0.4 is 15.4 Å². The second-order valence-electron chi connectivity index (χ2n) is 8.39. The zero-order chi connectivity index (χ0) is 22.6. The van der Waals surface area contributed by atoms with Gasteiger partial charge in [0, 0.05) is 30.5 Å². The number of nitrogens with one attached hydrogen (secondary N) is 2. The van der Waals surface area contributed by atoms with Crippen LogP contribution in [-0.4, -0.2) is 30.8 Å². The third-order valence-corrected chi connectivity index (χ3v) is 5.68. The number of furan rings is 2. The Morgan fingerprint density at radius 1 is 1.22 bits per heavy atom. The van der Waals surface area contributed by atoms with Gasteiger partial charge < -0.3 is 29.3 Å². The highest BCUT2D eigenvalue weighted by Crippen LogP contribution is 2.31. The van der Waals surface area contributed by atoms with Gasteiger partial charge in [-0.1, -0.05) is 18.2 Å².